The monoisotopic (exact) mass is 1060 g/mol. The second-order valence-electron chi connectivity index (χ2n) is 19.9. The number of non-ortho nitro benzene ring substituents is 2. The van der Waals surface area contributed by atoms with E-state index in [4.69, 9.17) is 33.7 Å². The number of rotatable bonds is 23. The molecule has 17 nitrogen and oxygen atoms in total. The fourth-order valence-electron chi connectivity index (χ4n) is 11.5. The van der Waals surface area contributed by atoms with Gasteiger partial charge in [0.25, 0.3) is 11.4 Å². The van der Waals surface area contributed by atoms with Gasteiger partial charge in [-0.25, -0.2) is 0 Å². The van der Waals surface area contributed by atoms with E-state index >= 15 is 4.79 Å². The Hall–Kier alpha value is -8.38. The minimum atomic E-state index is -1.63. The molecule has 6 aromatic rings. The Bertz CT molecular complexity index is 3270. The molecule has 78 heavy (non-hydrogen) atoms. The Morgan fingerprint density at radius 2 is 1.46 bits per heavy atom. The molecule has 0 aromatic heterocycles. The number of carbonyl (C=O) groups excluding carboxylic acids is 1. The summed E-state index contributed by atoms with van der Waals surface area (Å²) >= 11 is 0. The summed E-state index contributed by atoms with van der Waals surface area (Å²) < 4.78 is 32.9. The van der Waals surface area contributed by atoms with Gasteiger partial charge in [-0.2, -0.15) is 0 Å². The lowest BCUT2D eigenvalue weighted by Gasteiger charge is -2.60. The molecule has 17 heteroatoms. The van der Waals surface area contributed by atoms with Crippen LogP contribution < -0.4 is 18.9 Å². The molecule has 2 heterocycles. The Kier molecular flexibility index (Phi) is 16.2. The van der Waals surface area contributed by atoms with Crippen molar-refractivity contribution in [3.8, 4) is 28.7 Å². The maximum absolute atomic E-state index is 15.5. The van der Waals surface area contributed by atoms with Crippen LogP contribution in [-0.2, 0) is 27.5 Å². The zero-order valence-electron chi connectivity index (χ0n) is 42.9. The van der Waals surface area contributed by atoms with Crippen LogP contribution >= 0.6 is 0 Å². The number of aliphatic hydroxyl groups is 2. The number of carbonyl (C=O) groups is 1. The zero-order valence-corrected chi connectivity index (χ0v) is 42.9. The van der Waals surface area contributed by atoms with Crippen molar-refractivity contribution in [3.63, 3.8) is 0 Å². The molecule has 0 saturated heterocycles. The number of benzene rings is 6. The summed E-state index contributed by atoms with van der Waals surface area (Å²) in [6.07, 6.45) is 11.0. The number of allylic oxidation sites excluding steroid dienone is 1. The van der Waals surface area contributed by atoms with Crippen LogP contribution in [0.3, 0.4) is 0 Å². The molecule has 10 rings (SSSR count). The standard InChI is InChI=1S/C61H60N4O13/c1-2-31-75-61-57(63(37-42-17-26-55-56(32-42)74-39-73-55)58(68)28-18-40-13-20-46(21-14-40)64(69)70)36-53(62-76-38-41-15-22-47(23-16-41)65(71)72)51-34-45(11-5-7-29-66)50(12-6-8-30-67)59(60(51)61)52-35-49(25-27-54(52)78-61)77-48-24-19-43-9-3-4-10-44(43)33-48/h2-4,9-10,13-28,32-35,45,50,57,59-60,66-67H,1,5-8,11-12,29-31,36-39H2/t45-,50+,57-,59+,60+,61+/m0/s1. The van der Waals surface area contributed by atoms with Crippen LogP contribution in [0.5, 0.6) is 28.7 Å². The van der Waals surface area contributed by atoms with Crippen LogP contribution in [0.2, 0.25) is 0 Å². The van der Waals surface area contributed by atoms with Crippen molar-refractivity contribution in [1.29, 1.82) is 0 Å². The average Bonchev–Trinajstić information content (AvgIpc) is 4.04. The molecule has 0 unspecified atom stereocenters. The summed E-state index contributed by atoms with van der Waals surface area (Å²) in [7, 11) is 0. The summed E-state index contributed by atoms with van der Waals surface area (Å²) in [5.74, 6) is -0.411. The molecule has 4 aliphatic rings. The predicted molar refractivity (Wildman–Crippen MR) is 292 cm³/mol. The van der Waals surface area contributed by atoms with Gasteiger partial charge in [-0.15, -0.1) is 6.58 Å². The first-order valence-electron chi connectivity index (χ1n) is 26.3. The summed E-state index contributed by atoms with van der Waals surface area (Å²) in [4.78, 5) is 45.6. The lowest BCUT2D eigenvalue weighted by Crippen LogP contribution is -2.70. The van der Waals surface area contributed by atoms with Crippen molar-refractivity contribution in [2.45, 2.75) is 75.8 Å². The third-order valence-electron chi connectivity index (χ3n) is 15.1. The van der Waals surface area contributed by atoms with Gasteiger partial charge in [0.1, 0.15) is 29.9 Å². The van der Waals surface area contributed by atoms with E-state index in [0.29, 0.717) is 76.8 Å². The molecular formula is C61H60N4O13. The number of fused-ring (bicyclic) bond motifs is 4. The van der Waals surface area contributed by atoms with E-state index < -0.39 is 33.5 Å². The quantitative estimate of drug-likeness (QED) is 0.0201. The van der Waals surface area contributed by atoms with Gasteiger partial charge in [0, 0.05) is 68.0 Å². The lowest BCUT2D eigenvalue weighted by atomic mass is 9.55. The molecule has 0 radical (unpaired) electrons. The number of nitrogens with zero attached hydrogens (tertiary/aromatic N) is 4. The van der Waals surface area contributed by atoms with Gasteiger partial charge in [0.15, 0.2) is 11.5 Å². The number of oxime groups is 1. The number of hydrogen-bond acceptors (Lipinski definition) is 14. The molecule has 2 aliphatic heterocycles. The van der Waals surface area contributed by atoms with Crippen LogP contribution in [0.15, 0.2) is 163 Å². The highest BCUT2D eigenvalue weighted by atomic mass is 16.7. The van der Waals surface area contributed by atoms with Crippen LogP contribution in [-0.4, -0.2) is 75.0 Å². The van der Waals surface area contributed by atoms with Gasteiger partial charge in [-0.05, 0) is 143 Å². The van der Waals surface area contributed by atoms with Crippen LogP contribution in [0.1, 0.15) is 73.1 Å². The number of nitro benzene ring substituents is 2. The second-order valence-corrected chi connectivity index (χ2v) is 19.9. The molecule has 2 aliphatic carbocycles. The maximum Gasteiger partial charge on any atom is 0.269 e. The number of amides is 1. The molecule has 0 bridgehead atoms. The molecule has 6 aromatic carbocycles. The molecule has 2 N–H and O–H groups in total. The molecule has 1 fully saturated rings. The van der Waals surface area contributed by atoms with Gasteiger partial charge < -0.3 is 43.6 Å². The van der Waals surface area contributed by atoms with Crippen LogP contribution in [0.25, 0.3) is 16.8 Å². The van der Waals surface area contributed by atoms with Crippen molar-refractivity contribution < 1.29 is 53.4 Å². The van der Waals surface area contributed by atoms with E-state index in [1.807, 2.05) is 72.8 Å². The lowest BCUT2D eigenvalue weighted by molar-refractivity contribution is -0.385. The van der Waals surface area contributed by atoms with Gasteiger partial charge in [0.2, 0.25) is 18.5 Å². The van der Waals surface area contributed by atoms with E-state index in [9.17, 15) is 30.4 Å². The Balaban J connectivity index is 1.16. The molecular weight excluding hydrogens is 997 g/mol. The normalized spacial score (nSPS) is 21.3. The fraction of sp³-hybridized carbons (Fsp3) is 0.311. The van der Waals surface area contributed by atoms with Crippen molar-refractivity contribution in [2.24, 2.45) is 22.9 Å². The summed E-state index contributed by atoms with van der Waals surface area (Å²) in [5.41, 5.74) is 3.96. The van der Waals surface area contributed by atoms with E-state index in [1.165, 1.54) is 30.3 Å². The summed E-state index contributed by atoms with van der Waals surface area (Å²) in [5, 5.41) is 50.4. The van der Waals surface area contributed by atoms with Crippen LogP contribution in [0, 0.1) is 38.0 Å². The summed E-state index contributed by atoms with van der Waals surface area (Å²) in [6, 6.07) is 36.3. The number of unbranched alkanes of at least 4 members (excludes halogenated alkanes) is 2. The molecule has 6 atom stereocenters. The fourth-order valence-corrected chi connectivity index (χ4v) is 11.5. The van der Waals surface area contributed by atoms with Crippen molar-refractivity contribution >= 4 is 39.8 Å². The Morgan fingerprint density at radius 3 is 2.21 bits per heavy atom. The predicted octanol–water partition coefficient (Wildman–Crippen LogP) is 11.8. The van der Waals surface area contributed by atoms with Crippen molar-refractivity contribution in [1.82, 2.24) is 4.90 Å². The highest BCUT2D eigenvalue weighted by Crippen LogP contribution is 2.62. The second kappa shape index (κ2) is 23.9. The first-order valence-corrected chi connectivity index (χ1v) is 26.3. The van der Waals surface area contributed by atoms with E-state index in [2.05, 4.69) is 12.7 Å². The third kappa shape index (κ3) is 11.3. The first kappa shape index (κ1) is 53.0. The topological polar surface area (TPSA) is 215 Å². The van der Waals surface area contributed by atoms with Crippen molar-refractivity contribution in [3.05, 3.63) is 200 Å². The van der Waals surface area contributed by atoms with Gasteiger partial charge in [-0.1, -0.05) is 66.5 Å². The molecule has 0 spiro atoms. The largest absolute Gasteiger partial charge is 0.459 e. The molecule has 1 saturated carbocycles. The van der Waals surface area contributed by atoms with Crippen LogP contribution in [0.4, 0.5) is 11.4 Å². The summed E-state index contributed by atoms with van der Waals surface area (Å²) in [6.45, 7) is 4.19. The van der Waals surface area contributed by atoms with Gasteiger partial charge >= 0.3 is 0 Å². The minimum Gasteiger partial charge on any atom is -0.459 e. The number of ether oxygens (including phenoxy) is 5. The zero-order chi connectivity index (χ0) is 54.2. The molecule has 402 valence electrons. The first-order chi connectivity index (χ1) is 38.0. The number of nitro groups is 2. The Morgan fingerprint density at radius 1 is 0.782 bits per heavy atom. The van der Waals surface area contributed by atoms with Gasteiger partial charge in [-0.3, -0.25) is 25.0 Å². The third-order valence-corrected chi connectivity index (χ3v) is 15.1. The highest BCUT2D eigenvalue weighted by molar-refractivity contribution is 6.03. The Labute approximate surface area is 450 Å². The van der Waals surface area contributed by atoms with Gasteiger partial charge in [0.05, 0.1) is 28.1 Å². The average molecular weight is 1060 g/mol. The van der Waals surface area contributed by atoms with E-state index in [0.717, 1.165) is 34.8 Å². The highest BCUT2D eigenvalue weighted by Gasteiger charge is 2.65. The number of aliphatic hydroxyl groups excluding tert-OH is 2. The van der Waals surface area contributed by atoms with E-state index in [1.54, 1.807) is 47.4 Å². The van der Waals surface area contributed by atoms with Crippen molar-refractivity contribution in [2.75, 3.05) is 26.6 Å². The molecule has 1 amide bonds. The number of hydrogen-bond donors (Lipinski definition) is 2. The maximum atomic E-state index is 15.5. The minimum absolute atomic E-state index is 0.0161. The van der Waals surface area contributed by atoms with E-state index in [-0.39, 0.29) is 75.3 Å². The SMILES string of the molecule is C=CCO[C@@]12Oc3ccc(Oc4ccc5ccccc5c4)cc3[C@H]3[C@H](CCCCO)[C@@H](CCCCO)C=C(C(=NOCc4ccc([N+](=O)[O-])cc4)C[C@@H]1N(Cc1ccc4c(c1)OCO4)C(=O)C=Cc1ccc([N+](=O)[O-])cc1)[C@H]32. The smallest absolute Gasteiger partial charge is 0.269 e.